The van der Waals surface area contributed by atoms with Gasteiger partial charge in [-0.05, 0) is 92.0 Å². The molecule has 0 aliphatic heterocycles. The number of rotatable bonds is 3. The maximum Gasteiger partial charge on any atom is 0.0540 e. The molecule has 0 aromatic heterocycles. The highest BCUT2D eigenvalue weighted by atomic mass is 15.1. The van der Waals surface area contributed by atoms with Crippen LogP contribution in [0.15, 0.2) is 121 Å². The third kappa shape index (κ3) is 3.08. The van der Waals surface area contributed by atoms with Crippen LogP contribution in [0.5, 0.6) is 0 Å². The zero-order valence-electron chi connectivity index (χ0n) is 22.5. The fourth-order valence-corrected chi connectivity index (χ4v) is 6.96. The van der Waals surface area contributed by atoms with Crippen molar-refractivity contribution in [2.24, 2.45) is 0 Å². The van der Waals surface area contributed by atoms with E-state index in [1.54, 1.807) is 0 Å². The Kier molecular flexibility index (Phi) is 4.56. The van der Waals surface area contributed by atoms with Gasteiger partial charge < -0.3 is 4.90 Å². The number of aryl methyl sites for hydroxylation is 1. The van der Waals surface area contributed by atoms with Gasteiger partial charge >= 0.3 is 0 Å². The molecule has 0 amide bonds. The van der Waals surface area contributed by atoms with Gasteiger partial charge in [-0.3, -0.25) is 0 Å². The molecule has 39 heavy (non-hydrogen) atoms. The van der Waals surface area contributed by atoms with E-state index in [-0.39, 0.29) is 5.41 Å². The lowest BCUT2D eigenvalue weighted by atomic mass is 9.82. The summed E-state index contributed by atoms with van der Waals surface area (Å²) in [5.74, 6) is 0. The molecule has 186 valence electrons. The van der Waals surface area contributed by atoms with Gasteiger partial charge in [0, 0.05) is 22.2 Å². The summed E-state index contributed by atoms with van der Waals surface area (Å²) in [6.45, 7) is 6.92. The van der Waals surface area contributed by atoms with Crippen LogP contribution >= 0.6 is 0 Å². The molecule has 1 nitrogen and oxygen atoms in total. The molecule has 1 aliphatic rings. The van der Waals surface area contributed by atoms with Crippen LogP contribution in [0, 0.1) is 6.92 Å². The van der Waals surface area contributed by atoms with Crippen LogP contribution < -0.4 is 4.90 Å². The minimum absolute atomic E-state index is 0.0511. The van der Waals surface area contributed by atoms with Crippen LogP contribution in [-0.4, -0.2) is 0 Å². The van der Waals surface area contributed by atoms with Crippen molar-refractivity contribution in [3.63, 3.8) is 0 Å². The Labute approximate surface area is 229 Å². The number of fused-ring (bicyclic) bond motifs is 3. The molecule has 8 rings (SSSR count). The van der Waals surface area contributed by atoms with Crippen LogP contribution in [0.4, 0.5) is 17.1 Å². The van der Waals surface area contributed by atoms with Crippen molar-refractivity contribution in [2.75, 3.05) is 4.90 Å². The number of hydrogen-bond donors (Lipinski definition) is 0. The Morgan fingerprint density at radius 1 is 0.513 bits per heavy atom. The van der Waals surface area contributed by atoms with Crippen molar-refractivity contribution in [1.82, 2.24) is 0 Å². The van der Waals surface area contributed by atoms with Crippen molar-refractivity contribution >= 4 is 49.4 Å². The summed E-state index contributed by atoms with van der Waals surface area (Å²) in [5, 5.41) is 7.92. The van der Waals surface area contributed by atoms with Crippen LogP contribution in [0.3, 0.4) is 0 Å². The van der Waals surface area contributed by atoms with Crippen LogP contribution in [0.25, 0.3) is 43.4 Å². The maximum absolute atomic E-state index is 2.44. The van der Waals surface area contributed by atoms with Crippen molar-refractivity contribution in [3.05, 3.63) is 138 Å². The fraction of sp³-hybridized carbons (Fsp3) is 0.105. The van der Waals surface area contributed by atoms with Gasteiger partial charge in [0.15, 0.2) is 0 Å². The van der Waals surface area contributed by atoms with Crippen molar-refractivity contribution in [3.8, 4) is 11.1 Å². The van der Waals surface area contributed by atoms with Gasteiger partial charge in [0.05, 0.1) is 5.69 Å². The Morgan fingerprint density at radius 2 is 1.15 bits per heavy atom. The predicted molar refractivity (Wildman–Crippen MR) is 167 cm³/mol. The number of nitrogens with zero attached hydrogens (tertiary/aromatic N) is 1. The molecule has 0 atom stereocenters. The zero-order valence-corrected chi connectivity index (χ0v) is 22.5. The van der Waals surface area contributed by atoms with Gasteiger partial charge in [-0.25, -0.2) is 0 Å². The molecular formula is C38H29N. The fourth-order valence-electron chi connectivity index (χ4n) is 6.96. The second-order valence-corrected chi connectivity index (χ2v) is 11.5. The quantitative estimate of drug-likeness (QED) is 0.219. The molecule has 0 spiro atoms. The Morgan fingerprint density at radius 3 is 1.97 bits per heavy atom. The Balaban J connectivity index is 1.42. The van der Waals surface area contributed by atoms with E-state index in [9.17, 15) is 0 Å². The van der Waals surface area contributed by atoms with E-state index in [0.717, 1.165) is 5.69 Å². The predicted octanol–water partition coefficient (Wildman–Crippen LogP) is 10.7. The highest BCUT2D eigenvalue weighted by Crippen LogP contribution is 2.51. The van der Waals surface area contributed by atoms with Crippen LogP contribution in [0.2, 0.25) is 0 Å². The SMILES string of the molecule is Cc1ccc2ccc3c(N(c4ccccc4)c4ccc5c(c4)C(C)(C)c4ccccc4-5)ccc4ccc1c2c43. The molecule has 0 saturated heterocycles. The smallest absolute Gasteiger partial charge is 0.0540 e. The first-order valence-electron chi connectivity index (χ1n) is 13.8. The first kappa shape index (κ1) is 22.4. The molecule has 0 saturated carbocycles. The largest absolute Gasteiger partial charge is 0.310 e. The van der Waals surface area contributed by atoms with Crippen molar-refractivity contribution < 1.29 is 0 Å². The van der Waals surface area contributed by atoms with Crippen LogP contribution in [0.1, 0.15) is 30.5 Å². The molecule has 0 unspecified atom stereocenters. The van der Waals surface area contributed by atoms with Gasteiger partial charge in [0.2, 0.25) is 0 Å². The molecule has 0 heterocycles. The summed E-state index contributed by atoms with van der Waals surface area (Å²) in [5.41, 5.74) is 10.3. The summed E-state index contributed by atoms with van der Waals surface area (Å²) in [7, 11) is 0. The lowest BCUT2D eigenvalue weighted by molar-refractivity contribution is 0.660. The molecule has 0 fully saturated rings. The molecule has 0 radical (unpaired) electrons. The van der Waals surface area contributed by atoms with E-state index in [2.05, 4.69) is 147 Å². The highest BCUT2D eigenvalue weighted by molar-refractivity contribution is 6.26. The van der Waals surface area contributed by atoms with E-state index in [4.69, 9.17) is 0 Å². The van der Waals surface area contributed by atoms with E-state index in [0.29, 0.717) is 0 Å². The molecule has 7 aromatic rings. The number of benzene rings is 7. The second kappa shape index (κ2) is 7.94. The minimum Gasteiger partial charge on any atom is -0.310 e. The summed E-state index contributed by atoms with van der Waals surface area (Å²) in [6, 6.07) is 45.0. The van der Waals surface area contributed by atoms with E-state index in [1.165, 1.54) is 71.5 Å². The second-order valence-electron chi connectivity index (χ2n) is 11.5. The molecule has 7 aromatic carbocycles. The minimum atomic E-state index is -0.0511. The van der Waals surface area contributed by atoms with Gasteiger partial charge in [-0.15, -0.1) is 0 Å². The lowest BCUT2D eigenvalue weighted by Gasteiger charge is -2.29. The van der Waals surface area contributed by atoms with Gasteiger partial charge in [-0.2, -0.15) is 0 Å². The third-order valence-corrected chi connectivity index (χ3v) is 8.94. The topological polar surface area (TPSA) is 3.24 Å². The van der Waals surface area contributed by atoms with E-state index < -0.39 is 0 Å². The molecular weight excluding hydrogens is 470 g/mol. The van der Waals surface area contributed by atoms with E-state index in [1.807, 2.05) is 0 Å². The summed E-state index contributed by atoms with van der Waals surface area (Å²) >= 11 is 0. The third-order valence-electron chi connectivity index (χ3n) is 8.94. The molecule has 0 bridgehead atoms. The zero-order chi connectivity index (χ0) is 26.3. The standard InChI is InChI=1S/C38H29N/c1-24-13-14-25-16-20-32-35(22-17-26-15-19-29(24)36(25)37(26)32)39(27-9-5-4-6-10-27)28-18-21-31-30-11-7-8-12-33(30)38(2,3)34(31)23-28/h4-23H,1-3H3. The average molecular weight is 500 g/mol. The van der Waals surface area contributed by atoms with E-state index >= 15 is 0 Å². The first-order valence-corrected chi connectivity index (χ1v) is 13.8. The summed E-state index contributed by atoms with van der Waals surface area (Å²) < 4.78 is 0. The molecule has 0 N–H and O–H groups in total. The normalized spacial score (nSPS) is 13.7. The van der Waals surface area contributed by atoms with Crippen molar-refractivity contribution in [1.29, 1.82) is 0 Å². The number of anilines is 3. The highest BCUT2D eigenvalue weighted by Gasteiger charge is 2.35. The van der Waals surface area contributed by atoms with Gasteiger partial charge in [0.1, 0.15) is 0 Å². The monoisotopic (exact) mass is 499 g/mol. The Bertz CT molecular complexity index is 2050. The molecule has 1 heteroatoms. The summed E-state index contributed by atoms with van der Waals surface area (Å²) in [6.07, 6.45) is 0. The summed E-state index contributed by atoms with van der Waals surface area (Å²) in [4.78, 5) is 2.44. The molecule has 1 aliphatic carbocycles. The van der Waals surface area contributed by atoms with Gasteiger partial charge in [-0.1, -0.05) is 105 Å². The number of para-hydroxylation sites is 1. The maximum atomic E-state index is 2.44. The Hall–Kier alpha value is -4.62. The number of hydrogen-bond acceptors (Lipinski definition) is 1. The van der Waals surface area contributed by atoms with Crippen molar-refractivity contribution in [2.45, 2.75) is 26.2 Å². The first-order chi connectivity index (χ1) is 19.0. The lowest BCUT2D eigenvalue weighted by Crippen LogP contribution is -2.16. The van der Waals surface area contributed by atoms with Crippen LogP contribution in [-0.2, 0) is 5.41 Å². The average Bonchev–Trinajstić information content (AvgIpc) is 3.20. The van der Waals surface area contributed by atoms with Gasteiger partial charge in [0.25, 0.3) is 0 Å².